The van der Waals surface area contributed by atoms with Crippen LogP contribution < -0.4 is 15.8 Å². The van der Waals surface area contributed by atoms with E-state index < -0.39 is 12.7 Å². The van der Waals surface area contributed by atoms with Crippen molar-refractivity contribution < 1.29 is 18.3 Å². The van der Waals surface area contributed by atoms with Crippen LogP contribution in [0.15, 0.2) is 24.3 Å². The normalized spacial score (nSPS) is 13.1. The molecule has 1 rings (SSSR count). The summed E-state index contributed by atoms with van der Waals surface area (Å²) >= 11 is 0. The highest BCUT2D eigenvalue weighted by Gasteiger charge is 2.26. The Kier molecular flexibility index (Phi) is 6.08. The zero-order valence-corrected chi connectivity index (χ0v) is 12.5. The van der Waals surface area contributed by atoms with E-state index in [1.54, 1.807) is 12.1 Å². The molecule has 0 fully saturated rings. The average Bonchev–Trinajstić information content (AvgIpc) is 2.38. The molecule has 6 heteroatoms. The molecule has 0 bridgehead atoms. The summed E-state index contributed by atoms with van der Waals surface area (Å²) in [6, 6.07) is 5.76. The minimum Gasteiger partial charge on any atom is -0.435 e. The predicted octanol–water partition coefficient (Wildman–Crippen LogP) is 2.32. The number of rotatable bonds is 6. The topological polar surface area (TPSA) is 64.4 Å². The van der Waals surface area contributed by atoms with E-state index in [9.17, 15) is 13.6 Å². The van der Waals surface area contributed by atoms with Crippen LogP contribution in [0.1, 0.15) is 26.3 Å². The van der Waals surface area contributed by atoms with Crippen molar-refractivity contribution in [3.05, 3.63) is 29.8 Å². The molecule has 1 aromatic carbocycles. The molecule has 0 heterocycles. The fraction of sp³-hybridized carbons (Fsp3) is 0.533. The van der Waals surface area contributed by atoms with Crippen LogP contribution in [0.5, 0.6) is 5.75 Å². The van der Waals surface area contributed by atoms with E-state index in [2.05, 4.69) is 10.1 Å². The summed E-state index contributed by atoms with van der Waals surface area (Å²) in [5.74, 6) is -0.0762. The van der Waals surface area contributed by atoms with Crippen molar-refractivity contribution in [2.75, 3.05) is 6.54 Å². The molecule has 4 nitrogen and oxygen atoms in total. The van der Waals surface area contributed by atoms with Crippen LogP contribution in [-0.4, -0.2) is 25.1 Å². The van der Waals surface area contributed by atoms with Gasteiger partial charge in [-0.3, -0.25) is 4.79 Å². The van der Waals surface area contributed by atoms with E-state index in [4.69, 9.17) is 5.73 Å². The van der Waals surface area contributed by atoms with Gasteiger partial charge >= 0.3 is 6.61 Å². The van der Waals surface area contributed by atoms with Gasteiger partial charge in [0.1, 0.15) is 5.75 Å². The third-order valence-electron chi connectivity index (χ3n) is 3.08. The number of halogens is 2. The summed E-state index contributed by atoms with van der Waals surface area (Å²) < 4.78 is 28.3. The summed E-state index contributed by atoms with van der Waals surface area (Å²) in [5.41, 5.74) is 6.46. The molecular weight excluding hydrogens is 278 g/mol. The van der Waals surface area contributed by atoms with E-state index in [0.29, 0.717) is 13.0 Å². The molecule has 3 N–H and O–H groups in total. The molecule has 118 valence electrons. The third-order valence-corrected chi connectivity index (χ3v) is 3.08. The average molecular weight is 300 g/mol. The highest BCUT2D eigenvalue weighted by atomic mass is 19.3. The molecule has 0 saturated heterocycles. The lowest BCUT2D eigenvalue weighted by atomic mass is 9.87. The first-order valence-electron chi connectivity index (χ1n) is 6.77. The van der Waals surface area contributed by atoms with Gasteiger partial charge in [0.15, 0.2) is 0 Å². The number of hydrogen-bond acceptors (Lipinski definition) is 3. The van der Waals surface area contributed by atoms with Crippen molar-refractivity contribution >= 4 is 5.91 Å². The van der Waals surface area contributed by atoms with Crippen LogP contribution in [0.2, 0.25) is 0 Å². The van der Waals surface area contributed by atoms with E-state index in [-0.39, 0.29) is 17.1 Å². The van der Waals surface area contributed by atoms with E-state index in [1.165, 1.54) is 12.1 Å². The first-order chi connectivity index (χ1) is 9.70. The van der Waals surface area contributed by atoms with Gasteiger partial charge in [-0.25, -0.2) is 0 Å². The number of carbonyl (C=O) groups excluding carboxylic acids is 1. The second-order valence-electron chi connectivity index (χ2n) is 5.91. The second kappa shape index (κ2) is 7.36. The molecule has 0 spiro atoms. The van der Waals surface area contributed by atoms with Crippen LogP contribution in [0.4, 0.5) is 8.78 Å². The summed E-state index contributed by atoms with van der Waals surface area (Å²) in [6.07, 6.45) is 0.595. The van der Waals surface area contributed by atoms with Gasteiger partial charge in [0.2, 0.25) is 5.91 Å². The van der Waals surface area contributed by atoms with E-state index in [0.717, 1.165) is 5.56 Å². The van der Waals surface area contributed by atoms with Crippen molar-refractivity contribution in [1.29, 1.82) is 0 Å². The lowest BCUT2D eigenvalue weighted by molar-refractivity contribution is -0.124. The summed E-state index contributed by atoms with van der Waals surface area (Å²) in [6.45, 7) is 3.32. The van der Waals surface area contributed by atoms with Gasteiger partial charge in [0, 0.05) is 6.54 Å². The third kappa shape index (κ3) is 6.08. The number of amides is 1. The maximum absolute atomic E-state index is 12.0. The monoisotopic (exact) mass is 300 g/mol. The maximum atomic E-state index is 12.0. The first-order valence-corrected chi connectivity index (χ1v) is 6.77. The molecule has 0 aliphatic rings. The summed E-state index contributed by atoms with van der Waals surface area (Å²) in [7, 11) is 0. The smallest absolute Gasteiger partial charge is 0.387 e. The van der Waals surface area contributed by atoms with Crippen molar-refractivity contribution in [3.8, 4) is 5.75 Å². The fourth-order valence-electron chi connectivity index (χ4n) is 1.67. The number of nitrogens with two attached hydrogens (primary N) is 1. The van der Waals surface area contributed by atoms with Gasteiger partial charge in [0.25, 0.3) is 0 Å². The summed E-state index contributed by atoms with van der Waals surface area (Å²) in [4.78, 5) is 11.8. The van der Waals surface area contributed by atoms with Crippen LogP contribution in [0.25, 0.3) is 0 Å². The van der Waals surface area contributed by atoms with Gasteiger partial charge in [0.05, 0.1) is 6.04 Å². The second-order valence-corrected chi connectivity index (χ2v) is 5.91. The molecule has 0 aliphatic carbocycles. The Morgan fingerprint density at radius 3 is 2.33 bits per heavy atom. The van der Waals surface area contributed by atoms with Crippen molar-refractivity contribution in [3.63, 3.8) is 0 Å². The van der Waals surface area contributed by atoms with E-state index >= 15 is 0 Å². The number of hydrogen-bond donors (Lipinski definition) is 2. The van der Waals surface area contributed by atoms with Crippen molar-refractivity contribution in [1.82, 2.24) is 5.32 Å². The SMILES string of the molecule is CC(C)(C)[C@H](N)C(=O)NCCc1ccc(OC(F)F)cc1. The Morgan fingerprint density at radius 1 is 1.29 bits per heavy atom. The number of nitrogens with one attached hydrogen (secondary N) is 1. The quantitative estimate of drug-likeness (QED) is 0.847. The lowest BCUT2D eigenvalue weighted by Gasteiger charge is -2.25. The van der Waals surface area contributed by atoms with Crippen molar-refractivity contribution in [2.45, 2.75) is 39.8 Å². The van der Waals surface area contributed by atoms with Gasteiger partial charge in [-0.2, -0.15) is 8.78 Å². The molecule has 1 atom stereocenters. The van der Waals surface area contributed by atoms with Crippen LogP contribution >= 0.6 is 0 Å². The van der Waals surface area contributed by atoms with Crippen LogP contribution in [0.3, 0.4) is 0 Å². The Balaban J connectivity index is 2.41. The van der Waals surface area contributed by atoms with Crippen LogP contribution in [0, 0.1) is 5.41 Å². The van der Waals surface area contributed by atoms with Gasteiger partial charge in [-0.1, -0.05) is 32.9 Å². The molecule has 0 unspecified atom stereocenters. The zero-order valence-electron chi connectivity index (χ0n) is 12.5. The Labute approximate surface area is 123 Å². The molecular formula is C15H22F2N2O2. The van der Waals surface area contributed by atoms with Gasteiger partial charge in [-0.05, 0) is 29.5 Å². The minimum atomic E-state index is -2.82. The predicted molar refractivity (Wildman–Crippen MR) is 77.2 cm³/mol. The molecule has 0 radical (unpaired) electrons. The molecule has 0 aliphatic heterocycles. The zero-order chi connectivity index (χ0) is 16.0. The highest BCUT2D eigenvalue weighted by Crippen LogP contribution is 2.17. The maximum Gasteiger partial charge on any atom is 0.387 e. The van der Waals surface area contributed by atoms with Crippen LogP contribution in [-0.2, 0) is 11.2 Å². The standard InChI is InChI=1S/C15H22F2N2O2/c1-15(2,3)12(18)13(20)19-9-8-10-4-6-11(7-5-10)21-14(16)17/h4-7,12,14H,8-9,18H2,1-3H3,(H,19,20)/t12-/m1/s1. The first kappa shape index (κ1) is 17.4. The Morgan fingerprint density at radius 2 is 1.86 bits per heavy atom. The van der Waals surface area contributed by atoms with Gasteiger partial charge in [-0.15, -0.1) is 0 Å². The lowest BCUT2D eigenvalue weighted by Crippen LogP contribution is -2.48. The van der Waals surface area contributed by atoms with Gasteiger partial charge < -0.3 is 15.8 Å². The largest absolute Gasteiger partial charge is 0.435 e. The minimum absolute atomic E-state index is 0.118. The summed E-state index contributed by atoms with van der Waals surface area (Å²) in [5, 5.41) is 2.77. The molecule has 0 aromatic heterocycles. The number of benzene rings is 1. The molecule has 21 heavy (non-hydrogen) atoms. The number of carbonyl (C=O) groups is 1. The fourth-order valence-corrected chi connectivity index (χ4v) is 1.67. The van der Waals surface area contributed by atoms with E-state index in [1.807, 2.05) is 20.8 Å². The van der Waals surface area contributed by atoms with Crippen molar-refractivity contribution in [2.24, 2.45) is 11.1 Å². The molecule has 1 amide bonds. The Bertz CT molecular complexity index is 456. The Hall–Kier alpha value is -1.69. The molecule has 1 aromatic rings. The molecule has 0 saturated carbocycles. The highest BCUT2D eigenvalue weighted by molar-refractivity contribution is 5.82. The number of alkyl halides is 2. The number of ether oxygens (including phenoxy) is 1.